The van der Waals surface area contributed by atoms with Gasteiger partial charge < -0.3 is 14.6 Å². The molecule has 0 aliphatic carbocycles. The maximum absolute atomic E-state index is 12.2. The molecule has 28 heavy (non-hydrogen) atoms. The van der Waals surface area contributed by atoms with E-state index in [0.717, 1.165) is 5.56 Å². The Morgan fingerprint density at radius 2 is 1.89 bits per heavy atom. The number of ether oxygens (including phenoxy) is 1. The van der Waals surface area contributed by atoms with Crippen molar-refractivity contribution in [3.8, 4) is 17.3 Å². The molecule has 0 spiro atoms. The second-order valence-electron chi connectivity index (χ2n) is 6.06. The molecular weight excluding hydrogens is 380 g/mol. The number of benzene rings is 1. The van der Waals surface area contributed by atoms with Gasteiger partial charge in [-0.05, 0) is 31.2 Å². The number of hydrogen-bond acceptors (Lipinski definition) is 7. The summed E-state index contributed by atoms with van der Waals surface area (Å²) in [4.78, 5) is 23.5. The van der Waals surface area contributed by atoms with E-state index in [4.69, 9.17) is 4.74 Å². The number of methoxy groups -OCH3 is 1. The number of hydrogen-bond donors (Lipinski definition) is 1. The van der Waals surface area contributed by atoms with Crippen molar-refractivity contribution in [1.82, 2.24) is 24.5 Å². The molecule has 0 bridgehead atoms. The summed E-state index contributed by atoms with van der Waals surface area (Å²) in [6.07, 6.45) is 1.80. The number of carbonyl (C=O) groups is 2. The molecule has 2 aromatic heterocycles. The van der Waals surface area contributed by atoms with Gasteiger partial charge >= 0.3 is 0 Å². The Morgan fingerprint density at radius 1 is 1.18 bits per heavy atom. The highest BCUT2D eigenvalue weighted by Gasteiger charge is 2.18. The van der Waals surface area contributed by atoms with Gasteiger partial charge in [-0.15, -0.1) is 15.3 Å². The van der Waals surface area contributed by atoms with Crippen LogP contribution in [0.2, 0.25) is 0 Å². The second-order valence-corrected chi connectivity index (χ2v) is 7.00. The number of amides is 1. The number of anilines is 1. The minimum Gasteiger partial charge on any atom is -0.479 e. The van der Waals surface area contributed by atoms with E-state index in [1.165, 1.54) is 18.7 Å². The maximum Gasteiger partial charge on any atom is 0.243 e. The van der Waals surface area contributed by atoms with E-state index in [9.17, 15) is 9.59 Å². The zero-order valence-electron chi connectivity index (χ0n) is 16.0. The molecule has 3 aromatic rings. The topological polar surface area (TPSA) is 104 Å². The van der Waals surface area contributed by atoms with Crippen LogP contribution in [0, 0.1) is 0 Å². The summed E-state index contributed by atoms with van der Waals surface area (Å²) in [6, 6.07) is 6.77. The van der Waals surface area contributed by atoms with Crippen LogP contribution in [0.5, 0.6) is 5.88 Å². The molecule has 1 amide bonds. The molecule has 3 rings (SSSR count). The summed E-state index contributed by atoms with van der Waals surface area (Å²) >= 11 is 1.27. The van der Waals surface area contributed by atoms with E-state index in [-0.39, 0.29) is 17.4 Å². The summed E-state index contributed by atoms with van der Waals surface area (Å²) < 4.78 is 8.70. The number of ketones is 1. The lowest BCUT2D eigenvalue weighted by atomic mass is 10.1. The normalized spacial score (nSPS) is 10.7. The fourth-order valence-electron chi connectivity index (χ4n) is 2.56. The summed E-state index contributed by atoms with van der Waals surface area (Å²) in [6.45, 7) is 1.50. The maximum atomic E-state index is 12.2. The van der Waals surface area contributed by atoms with Gasteiger partial charge in [-0.1, -0.05) is 11.8 Å². The first-order valence-electron chi connectivity index (χ1n) is 8.40. The molecular formula is C18H20N6O3S. The Hall–Kier alpha value is -3.14. The SMILES string of the molecule is COc1nn(C)cc1-c1nnc(SCC(=O)Nc2ccc(C(C)=O)cc2)n1C. The fraction of sp³-hybridized carbons (Fsp3) is 0.278. The van der Waals surface area contributed by atoms with E-state index in [2.05, 4.69) is 20.6 Å². The number of aryl methyl sites for hydroxylation is 1. The van der Waals surface area contributed by atoms with Crippen LogP contribution in [-0.4, -0.2) is 49.1 Å². The molecule has 1 aromatic carbocycles. The van der Waals surface area contributed by atoms with E-state index in [1.54, 1.807) is 53.9 Å². The summed E-state index contributed by atoms with van der Waals surface area (Å²) in [5.74, 6) is 1.04. The van der Waals surface area contributed by atoms with Crippen molar-refractivity contribution >= 4 is 29.1 Å². The third kappa shape index (κ3) is 4.22. The van der Waals surface area contributed by atoms with Gasteiger partial charge in [0, 0.05) is 31.5 Å². The molecule has 0 unspecified atom stereocenters. The van der Waals surface area contributed by atoms with E-state index in [1.807, 2.05) is 7.05 Å². The number of nitrogens with one attached hydrogen (secondary N) is 1. The highest BCUT2D eigenvalue weighted by molar-refractivity contribution is 7.99. The zero-order chi connectivity index (χ0) is 20.3. The number of aromatic nitrogens is 5. The predicted molar refractivity (Wildman–Crippen MR) is 106 cm³/mol. The van der Waals surface area contributed by atoms with E-state index < -0.39 is 0 Å². The van der Waals surface area contributed by atoms with Crippen LogP contribution in [0.4, 0.5) is 5.69 Å². The minimum absolute atomic E-state index is 0.0169. The van der Waals surface area contributed by atoms with E-state index in [0.29, 0.717) is 28.1 Å². The van der Waals surface area contributed by atoms with Crippen molar-refractivity contribution in [2.75, 3.05) is 18.2 Å². The molecule has 0 saturated heterocycles. The summed E-state index contributed by atoms with van der Waals surface area (Å²) in [5.41, 5.74) is 1.96. The Balaban J connectivity index is 1.64. The van der Waals surface area contributed by atoms with Crippen LogP contribution >= 0.6 is 11.8 Å². The highest BCUT2D eigenvalue weighted by atomic mass is 32.2. The number of Topliss-reactive ketones (excluding diaryl/α,β-unsaturated/α-hetero) is 1. The number of nitrogens with zero attached hydrogens (tertiary/aromatic N) is 5. The van der Waals surface area contributed by atoms with Crippen LogP contribution < -0.4 is 10.1 Å². The molecule has 0 fully saturated rings. The molecule has 9 nitrogen and oxygen atoms in total. The van der Waals surface area contributed by atoms with Gasteiger partial charge in [0.2, 0.25) is 11.8 Å². The lowest BCUT2D eigenvalue weighted by molar-refractivity contribution is -0.113. The number of rotatable bonds is 7. The van der Waals surface area contributed by atoms with E-state index >= 15 is 0 Å². The Bertz CT molecular complexity index is 1010. The van der Waals surface area contributed by atoms with Gasteiger partial charge in [0.1, 0.15) is 5.56 Å². The van der Waals surface area contributed by atoms with Crippen molar-refractivity contribution in [2.24, 2.45) is 14.1 Å². The monoisotopic (exact) mass is 400 g/mol. The molecule has 0 saturated carbocycles. The van der Waals surface area contributed by atoms with Crippen molar-refractivity contribution in [3.63, 3.8) is 0 Å². The molecule has 146 valence electrons. The van der Waals surface area contributed by atoms with Crippen LogP contribution in [0.3, 0.4) is 0 Å². The van der Waals surface area contributed by atoms with Crippen LogP contribution in [0.15, 0.2) is 35.6 Å². The second kappa shape index (κ2) is 8.26. The molecule has 0 aliphatic rings. The molecule has 0 aliphatic heterocycles. The van der Waals surface area contributed by atoms with Crippen molar-refractivity contribution in [3.05, 3.63) is 36.0 Å². The van der Waals surface area contributed by atoms with Gasteiger partial charge in [-0.25, -0.2) is 0 Å². The number of thioether (sulfide) groups is 1. The zero-order valence-corrected chi connectivity index (χ0v) is 16.8. The standard InChI is InChI=1S/C18H20N6O3S/c1-11(25)12-5-7-13(8-6-12)19-15(26)10-28-18-21-20-16(24(18)3)14-9-23(2)22-17(14)27-4/h5-9H,10H2,1-4H3,(H,19,26). The lowest BCUT2D eigenvalue weighted by Gasteiger charge is -2.06. The Labute approximate surface area is 166 Å². The van der Waals surface area contributed by atoms with Crippen molar-refractivity contribution in [2.45, 2.75) is 12.1 Å². The van der Waals surface area contributed by atoms with Crippen LogP contribution in [0.1, 0.15) is 17.3 Å². The molecule has 1 N–H and O–H groups in total. The predicted octanol–water partition coefficient (Wildman–Crippen LogP) is 2.16. The first kappa shape index (κ1) is 19.6. The fourth-order valence-corrected chi connectivity index (χ4v) is 3.27. The van der Waals surface area contributed by atoms with Gasteiger partial charge in [-0.3, -0.25) is 14.3 Å². The smallest absolute Gasteiger partial charge is 0.243 e. The van der Waals surface area contributed by atoms with Crippen LogP contribution in [-0.2, 0) is 18.9 Å². The highest BCUT2D eigenvalue weighted by Crippen LogP contribution is 2.29. The quantitative estimate of drug-likeness (QED) is 0.479. The van der Waals surface area contributed by atoms with Crippen molar-refractivity contribution in [1.29, 1.82) is 0 Å². The van der Waals surface area contributed by atoms with Crippen LogP contribution in [0.25, 0.3) is 11.4 Å². The Kier molecular flexibility index (Phi) is 5.78. The van der Waals surface area contributed by atoms with Gasteiger partial charge in [-0.2, -0.15) is 0 Å². The van der Waals surface area contributed by atoms with Gasteiger partial charge in [0.15, 0.2) is 16.8 Å². The first-order valence-corrected chi connectivity index (χ1v) is 9.38. The first-order chi connectivity index (χ1) is 13.4. The largest absolute Gasteiger partial charge is 0.479 e. The third-order valence-electron chi connectivity index (χ3n) is 3.97. The number of carbonyl (C=O) groups excluding carboxylic acids is 2. The minimum atomic E-state index is -0.177. The Morgan fingerprint density at radius 3 is 2.54 bits per heavy atom. The van der Waals surface area contributed by atoms with Crippen molar-refractivity contribution < 1.29 is 14.3 Å². The molecule has 0 radical (unpaired) electrons. The van der Waals surface area contributed by atoms with Gasteiger partial charge in [0.25, 0.3) is 0 Å². The third-order valence-corrected chi connectivity index (χ3v) is 4.99. The summed E-state index contributed by atoms with van der Waals surface area (Å²) in [5, 5.41) is 16.0. The lowest BCUT2D eigenvalue weighted by Crippen LogP contribution is -2.14. The molecule has 0 atom stereocenters. The van der Waals surface area contributed by atoms with Gasteiger partial charge in [0.05, 0.1) is 12.9 Å². The summed E-state index contributed by atoms with van der Waals surface area (Å²) in [7, 11) is 5.17. The molecule has 2 heterocycles. The average molecular weight is 400 g/mol. The molecule has 10 heteroatoms. The average Bonchev–Trinajstić information content (AvgIpc) is 3.22.